The molecule has 1 heterocycles. The lowest BCUT2D eigenvalue weighted by atomic mass is 10.1. The Morgan fingerprint density at radius 1 is 1.44 bits per heavy atom. The molecule has 0 aromatic carbocycles. The highest BCUT2D eigenvalue weighted by Gasteiger charge is 2.27. The number of sulfone groups is 1. The van der Waals surface area contributed by atoms with E-state index in [1.54, 1.807) is 0 Å². The van der Waals surface area contributed by atoms with Gasteiger partial charge in [-0.05, 0) is 25.2 Å². The number of hydrogen-bond donors (Lipinski definition) is 1. The molecule has 106 valence electrons. The summed E-state index contributed by atoms with van der Waals surface area (Å²) in [5.74, 6) is 0.662. The quantitative estimate of drug-likeness (QED) is 0.549. The molecular weight excluding hydrogens is 254 g/mol. The third-order valence-corrected chi connectivity index (χ3v) is 4.72. The molecule has 5 nitrogen and oxygen atoms in total. The highest BCUT2D eigenvalue weighted by molar-refractivity contribution is 7.91. The minimum atomic E-state index is -2.89. The number of carbonyl (C=O) groups excluding carboxylic acids is 1. The Bertz CT molecular complexity index is 364. The molecule has 0 amide bonds. The SMILES string of the molecule is CC(C)CCCOC(=O)CNC1CCS(=O)(=O)C1. The van der Waals surface area contributed by atoms with Gasteiger partial charge in [0.15, 0.2) is 9.84 Å². The Morgan fingerprint density at radius 3 is 2.72 bits per heavy atom. The first-order valence-electron chi connectivity index (χ1n) is 6.48. The predicted molar refractivity (Wildman–Crippen MR) is 70.1 cm³/mol. The first-order valence-corrected chi connectivity index (χ1v) is 8.30. The van der Waals surface area contributed by atoms with Gasteiger partial charge in [0.1, 0.15) is 0 Å². The van der Waals surface area contributed by atoms with Crippen LogP contribution in [0.1, 0.15) is 33.1 Å². The van der Waals surface area contributed by atoms with Gasteiger partial charge in [-0.15, -0.1) is 0 Å². The summed E-state index contributed by atoms with van der Waals surface area (Å²) in [6, 6.07) is -0.0989. The molecule has 0 spiro atoms. The molecule has 0 aromatic rings. The lowest BCUT2D eigenvalue weighted by molar-refractivity contribution is -0.142. The molecule has 1 aliphatic rings. The average molecular weight is 277 g/mol. The van der Waals surface area contributed by atoms with E-state index in [4.69, 9.17) is 4.74 Å². The molecule has 1 fully saturated rings. The van der Waals surface area contributed by atoms with Crippen LogP contribution in [0.25, 0.3) is 0 Å². The highest BCUT2D eigenvalue weighted by atomic mass is 32.2. The number of rotatable bonds is 7. The van der Waals surface area contributed by atoms with Crippen LogP contribution in [0.15, 0.2) is 0 Å². The first kappa shape index (κ1) is 15.4. The fourth-order valence-corrected chi connectivity index (χ4v) is 3.62. The van der Waals surface area contributed by atoms with E-state index >= 15 is 0 Å². The van der Waals surface area contributed by atoms with Gasteiger partial charge in [-0.25, -0.2) is 8.42 Å². The van der Waals surface area contributed by atoms with E-state index < -0.39 is 9.84 Å². The molecule has 1 N–H and O–H groups in total. The van der Waals surface area contributed by atoms with E-state index in [0.717, 1.165) is 12.8 Å². The van der Waals surface area contributed by atoms with Crippen LogP contribution < -0.4 is 5.32 Å². The minimum Gasteiger partial charge on any atom is -0.465 e. The van der Waals surface area contributed by atoms with Gasteiger partial charge in [-0.2, -0.15) is 0 Å². The Labute approximate surface area is 109 Å². The zero-order valence-corrected chi connectivity index (χ0v) is 12.0. The van der Waals surface area contributed by atoms with E-state index in [0.29, 0.717) is 18.9 Å². The standard InChI is InChI=1S/C12H23NO4S/c1-10(2)4-3-6-17-12(14)8-13-11-5-7-18(15,16)9-11/h10-11,13H,3-9H2,1-2H3. The molecule has 1 unspecified atom stereocenters. The van der Waals surface area contributed by atoms with Gasteiger partial charge >= 0.3 is 5.97 Å². The van der Waals surface area contributed by atoms with Crippen LogP contribution in [0.2, 0.25) is 0 Å². The molecule has 1 aliphatic heterocycles. The fraction of sp³-hybridized carbons (Fsp3) is 0.917. The third-order valence-electron chi connectivity index (χ3n) is 2.96. The fourth-order valence-electron chi connectivity index (χ4n) is 1.91. The molecule has 0 saturated carbocycles. The molecule has 1 rings (SSSR count). The topological polar surface area (TPSA) is 72.5 Å². The van der Waals surface area contributed by atoms with Crippen molar-refractivity contribution in [2.75, 3.05) is 24.7 Å². The maximum Gasteiger partial charge on any atom is 0.319 e. The van der Waals surface area contributed by atoms with E-state index in [1.165, 1.54) is 0 Å². The van der Waals surface area contributed by atoms with Gasteiger partial charge in [0.2, 0.25) is 0 Å². The lowest BCUT2D eigenvalue weighted by Gasteiger charge is -2.10. The monoisotopic (exact) mass is 277 g/mol. The van der Waals surface area contributed by atoms with Crippen molar-refractivity contribution < 1.29 is 17.9 Å². The second-order valence-corrected chi connectivity index (χ2v) is 7.47. The highest BCUT2D eigenvalue weighted by Crippen LogP contribution is 2.10. The van der Waals surface area contributed by atoms with Gasteiger partial charge in [0.25, 0.3) is 0 Å². The predicted octanol–water partition coefficient (Wildman–Crippen LogP) is 0.743. The molecule has 6 heteroatoms. The largest absolute Gasteiger partial charge is 0.465 e. The Hall–Kier alpha value is -0.620. The number of hydrogen-bond acceptors (Lipinski definition) is 5. The number of nitrogens with one attached hydrogen (secondary N) is 1. The summed E-state index contributed by atoms with van der Waals surface area (Å²) in [6.45, 7) is 4.80. The summed E-state index contributed by atoms with van der Waals surface area (Å²) in [4.78, 5) is 11.4. The van der Waals surface area contributed by atoms with Crippen LogP contribution in [0.4, 0.5) is 0 Å². The van der Waals surface area contributed by atoms with E-state index in [-0.39, 0.29) is 30.1 Å². The summed E-state index contributed by atoms with van der Waals surface area (Å²) in [7, 11) is -2.89. The summed E-state index contributed by atoms with van der Waals surface area (Å²) in [5.41, 5.74) is 0. The zero-order chi connectivity index (χ0) is 13.6. The van der Waals surface area contributed by atoms with Crippen molar-refractivity contribution in [1.29, 1.82) is 0 Å². The molecule has 0 aliphatic carbocycles. The van der Waals surface area contributed by atoms with Crippen molar-refractivity contribution in [2.45, 2.75) is 39.2 Å². The van der Waals surface area contributed by atoms with Crippen molar-refractivity contribution in [3.8, 4) is 0 Å². The molecule has 18 heavy (non-hydrogen) atoms. The van der Waals surface area contributed by atoms with E-state index in [9.17, 15) is 13.2 Å². The molecule has 0 bridgehead atoms. The van der Waals surface area contributed by atoms with Crippen LogP contribution in [0, 0.1) is 5.92 Å². The normalized spacial score (nSPS) is 22.3. The number of esters is 1. The summed E-state index contributed by atoms with van der Waals surface area (Å²) in [5, 5.41) is 2.93. The van der Waals surface area contributed by atoms with Crippen molar-refractivity contribution in [2.24, 2.45) is 5.92 Å². The Balaban J connectivity index is 2.07. The van der Waals surface area contributed by atoms with E-state index in [1.807, 2.05) is 0 Å². The van der Waals surface area contributed by atoms with Crippen molar-refractivity contribution in [3.05, 3.63) is 0 Å². The van der Waals surface area contributed by atoms with Gasteiger partial charge in [-0.3, -0.25) is 4.79 Å². The Morgan fingerprint density at radius 2 is 2.17 bits per heavy atom. The maximum absolute atomic E-state index is 11.4. The van der Waals surface area contributed by atoms with Crippen LogP contribution in [0.3, 0.4) is 0 Å². The van der Waals surface area contributed by atoms with Crippen LogP contribution in [-0.2, 0) is 19.4 Å². The van der Waals surface area contributed by atoms with Crippen LogP contribution >= 0.6 is 0 Å². The lowest BCUT2D eigenvalue weighted by Crippen LogP contribution is -2.35. The average Bonchev–Trinajstić information content (AvgIpc) is 2.61. The summed E-state index contributed by atoms with van der Waals surface area (Å²) < 4.78 is 27.5. The van der Waals surface area contributed by atoms with Gasteiger partial charge < -0.3 is 10.1 Å². The van der Waals surface area contributed by atoms with Gasteiger partial charge in [-0.1, -0.05) is 13.8 Å². The zero-order valence-electron chi connectivity index (χ0n) is 11.1. The van der Waals surface area contributed by atoms with E-state index in [2.05, 4.69) is 19.2 Å². The maximum atomic E-state index is 11.4. The van der Waals surface area contributed by atoms with Crippen molar-refractivity contribution >= 4 is 15.8 Å². The van der Waals surface area contributed by atoms with Gasteiger partial charge in [0, 0.05) is 6.04 Å². The number of carbonyl (C=O) groups is 1. The van der Waals surface area contributed by atoms with Crippen LogP contribution in [-0.4, -0.2) is 45.1 Å². The van der Waals surface area contributed by atoms with Crippen molar-refractivity contribution in [3.63, 3.8) is 0 Å². The summed E-state index contributed by atoms with van der Waals surface area (Å²) in [6.07, 6.45) is 2.51. The second kappa shape index (κ2) is 7.09. The van der Waals surface area contributed by atoms with Crippen molar-refractivity contribution in [1.82, 2.24) is 5.32 Å². The van der Waals surface area contributed by atoms with Gasteiger partial charge in [0.05, 0.1) is 24.7 Å². The Kier molecular flexibility index (Phi) is 6.08. The smallest absolute Gasteiger partial charge is 0.319 e. The van der Waals surface area contributed by atoms with Crippen LogP contribution in [0.5, 0.6) is 0 Å². The molecule has 0 radical (unpaired) electrons. The third kappa shape index (κ3) is 6.35. The molecular formula is C12H23NO4S. The second-order valence-electron chi connectivity index (χ2n) is 5.24. The number of ether oxygens (including phenoxy) is 1. The molecule has 1 saturated heterocycles. The minimum absolute atomic E-state index is 0.0989. The molecule has 1 atom stereocenters. The summed E-state index contributed by atoms with van der Waals surface area (Å²) >= 11 is 0. The first-order chi connectivity index (χ1) is 8.39. The molecule has 0 aromatic heterocycles.